The first kappa shape index (κ1) is 13.9. The first-order valence-electron chi connectivity index (χ1n) is 5.54. The van der Waals surface area contributed by atoms with Crippen LogP contribution < -0.4 is 11.0 Å². The molecule has 0 radical (unpaired) electrons. The summed E-state index contributed by atoms with van der Waals surface area (Å²) in [5.74, 6) is -0.102. The van der Waals surface area contributed by atoms with Crippen molar-refractivity contribution in [3.8, 4) is 0 Å². The maximum absolute atomic E-state index is 11.2. The number of aryl methyl sites for hydroxylation is 1. The molecule has 0 atom stereocenters. The number of aromatic amines is 1. The Bertz CT molecular complexity index is 507. The zero-order valence-electron chi connectivity index (χ0n) is 10.6. The lowest BCUT2D eigenvalue weighted by Crippen LogP contribution is -2.13. The lowest BCUT2D eigenvalue weighted by atomic mass is 10.3. The van der Waals surface area contributed by atoms with E-state index in [9.17, 15) is 9.59 Å². The van der Waals surface area contributed by atoms with Crippen molar-refractivity contribution >= 4 is 17.6 Å². The molecule has 0 spiro atoms. The van der Waals surface area contributed by atoms with Crippen LogP contribution in [0.4, 0.5) is 5.95 Å². The Balaban J connectivity index is 2.62. The number of hydrogen-bond donors (Lipinski definition) is 2. The molecule has 0 fully saturated rings. The van der Waals surface area contributed by atoms with Crippen molar-refractivity contribution in [1.29, 1.82) is 0 Å². The van der Waals surface area contributed by atoms with Crippen LogP contribution in [0.15, 0.2) is 16.0 Å². The molecule has 0 bridgehead atoms. The van der Waals surface area contributed by atoms with Crippen molar-refractivity contribution in [2.75, 3.05) is 12.0 Å². The van der Waals surface area contributed by atoms with E-state index in [0.29, 0.717) is 18.0 Å². The first-order chi connectivity index (χ1) is 8.51. The number of carbonyl (C=O) groups is 1. The highest BCUT2D eigenvalue weighted by molar-refractivity contribution is 5.97. The summed E-state index contributed by atoms with van der Waals surface area (Å²) in [7, 11) is 0. The Morgan fingerprint density at radius 1 is 1.61 bits per heavy atom. The molecule has 0 saturated heterocycles. The summed E-state index contributed by atoms with van der Waals surface area (Å²) >= 11 is 0. The van der Waals surface area contributed by atoms with E-state index in [2.05, 4.69) is 20.5 Å². The molecule has 98 valence electrons. The summed E-state index contributed by atoms with van der Waals surface area (Å²) in [4.78, 5) is 28.8. The van der Waals surface area contributed by atoms with Crippen LogP contribution in [-0.2, 0) is 9.53 Å². The van der Waals surface area contributed by atoms with E-state index in [1.54, 1.807) is 20.8 Å². The van der Waals surface area contributed by atoms with E-state index in [-0.39, 0.29) is 23.9 Å². The van der Waals surface area contributed by atoms with Gasteiger partial charge in [0.1, 0.15) is 0 Å². The van der Waals surface area contributed by atoms with E-state index in [1.165, 1.54) is 6.07 Å². The van der Waals surface area contributed by atoms with Gasteiger partial charge in [0.15, 0.2) is 0 Å². The van der Waals surface area contributed by atoms with Gasteiger partial charge in [0.25, 0.3) is 5.56 Å². The van der Waals surface area contributed by atoms with Gasteiger partial charge in [0.05, 0.1) is 13.0 Å². The van der Waals surface area contributed by atoms with Crippen LogP contribution in [0, 0.1) is 6.92 Å². The van der Waals surface area contributed by atoms with Crippen LogP contribution in [-0.4, -0.2) is 28.3 Å². The van der Waals surface area contributed by atoms with Crippen molar-refractivity contribution in [3.05, 3.63) is 22.1 Å². The minimum absolute atomic E-state index is 0.0941. The molecule has 0 aliphatic heterocycles. The van der Waals surface area contributed by atoms with E-state index >= 15 is 0 Å². The Kier molecular flexibility index (Phi) is 5.04. The van der Waals surface area contributed by atoms with Crippen molar-refractivity contribution in [3.63, 3.8) is 0 Å². The molecule has 18 heavy (non-hydrogen) atoms. The van der Waals surface area contributed by atoms with Crippen LogP contribution in [0.5, 0.6) is 0 Å². The van der Waals surface area contributed by atoms with Crippen LogP contribution in [0.1, 0.15) is 26.0 Å². The van der Waals surface area contributed by atoms with Gasteiger partial charge in [-0.05, 0) is 20.8 Å². The van der Waals surface area contributed by atoms with Gasteiger partial charge in [-0.1, -0.05) is 0 Å². The molecule has 0 aliphatic rings. The fourth-order valence-corrected chi connectivity index (χ4v) is 1.24. The Labute approximate surface area is 104 Å². The minimum Gasteiger partial charge on any atom is -0.466 e. The van der Waals surface area contributed by atoms with E-state index in [0.717, 1.165) is 0 Å². The van der Waals surface area contributed by atoms with E-state index in [1.807, 2.05) is 0 Å². The summed E-state index contributed by atoms with van der Waals surface area (Å²) in [6, 6.07) is 1.38. The number of nitrogens with zero attached hydrogens (tertiary/aromatic N) is 2. The summed E-state index contributed by atoms with van der Waals surface area (Å²) in [6.45, 7) is 5.46. The summed E-state index contributed by atoms with van der Waals surface area (Å²) in [6.07, 6.45) is 0.0941. The first-order valence-corrected chi connectivity index (χ1v) is 5.54. The number of ether oxygens (including phenoxy) is 1. The van der Waals surface area contributed by atoms with Gasteiger partial charge < -0.3 is 4.74 Å². The number of rotatable bonds is 5. The molecule has 0 amide bonds. The van der Waals surface area contributed by atoms with E-state index in [4.69, 9.17) is 4.74 Å². The molecule has 1 aromatic rings. The number of hydrazone groups is 1. The number of hydrogen-bond acceptors (Lipinski definition) is 6. The maximum atomic E-state index is 11.2. The lowest BCUT2D eigenvalue weighted by molar-refractivity contribution is -0.141. The number of anilines is 1. The molecular formula is C11H16N4O3. The van der Waals surface area contributed by atoms with Gasteiger partial charge in [-0.25, -0.2) is 10.4 Å². The summed E-state index contributed by atoms with van der Waals surface area (Å²) in [5.41, 5.74) is 3.45. The van der Waals surface area contributed by atoms with Gasteiger partial charge in [-0.15, -0.1) is 0 Å². The number of nitrogens with one attached hydrogen (secondary N) is 2. The fourth-order valence-electron chi connectivity index (χ4n) is 1.24. The lowest BCUT2D eigenvalue weighted by Gasteiger charge is -2.03. The number of esters is 1. The second-order valence-electron chi connectivity index (χ2n) is 3.68. The number of H-pyrrole nitrogens is 1. The molecule has 2 N–H and O–H groups in total. The minimum atomic E-state index is -0.341. The van der Waals surface area contributed by atoms with Crippen LogP contribution in [0.3, 0.4) is 0 Å². The smallest absolute Gasteiger partial charge is 0.311 e. The average Bonchev–Trinajstić information content (AvgIpc) is 2.25. The predicted molar refractivity (Wildman–Crippen MR) is 67.6 cm³/mol. The third-order valence-corrected chi connectivity index (χ3v) is 1.93. The molecule has 0 aliphatic carbocycles. The highest BCUT2D eigenvalue weighted by Crippen LogP contribution is 1.97. The van der Waals surface area contributed by atoms with Gasteiger partial charge >= 0.3 is 5.97 Å². The molecule has 1 rings (SSSR count). The number of carbonyl (C=O) groups excluding carboxylic acids is 1. The third-order valence-electron chi connectivity index (χ3n) is 1.93. The highest BCUT2D eigenvalue weighted by Gasteiger charge is 2.04. The maximum Gasteiger partial charge on any atom is 0.311 e. The summed E-state index contributed by atoms with van der Waals surface area (Å²) < 4.78 is 4.78. The molecule has 0 unspecified atom stereocenters. The second kappa shape index (κ2) is 6.53. The SMILES string of the molecule is CCOC(=O)CC(C)=NNc1nc(C)cc(=O)[nH]1. The Morgan fingerprint density at radius 3 is 2.94 bits per heavy atom. The number of aromatic nitrogens is 2. The Hall–Kier alpha value is -2.18. The van der Waals surface area contributed by atoms with Crippen molar-refractivity contribution in [1.82, 2.24) is 9.97 Å². The van der Waals surface area contributed by atoms with Crippen molar-refractivity contribution in [2.45, 2.75) is 27.2 Å². The largest absolute Gasteiger partial charge is 0.466 e. The fraction of sp³-hybridized carbons (Fsp3) is 0.455. The molecule has 0 aromatic carbocycles. The summed E-state index contributed by atoms with van der Waals surface area (Å²) in [5, 5.41) is 3.93. The van der Waals surface area contributed by atoms with Crippen LogP contribution >= 0.6 is 0 Å². The van der Waals surface area contributed by atoms with Crippen molar-refractivity contribution < 1.29 is 9.53 Å². The van der Waals surface area contributed by atoms with Gasteiger partial charge in [-0.2, -0.15) is 5.10 Å². The molecule has 1 aromatic heterocycles. The van der Waals surface area contributed by atoms with Crippen LogP contribution in [0.2, 0.25) is 0 Å². The molecule has 0 saturated carbocycles. The molecule has 7 nitrogen and oxygen atoms in total. The average molecular weight is 252 g/mol. The second-order valence-corrected chi connectivity index (χ2v) is 3.68. The quantitative estimate of drug-likeness (QED) is 0.459. The monoisotopic (exact) mass is 252 g/mol. The van der Waals surface area contributed by atoms with Crippen LogP contribution in [0.25, 0.3) is 0 Å². The van der Waals surface area contributed by atoms with E-state index < -0.39 is 0 Å². The predicted octanol–water partition coefficient (Wildman–Crippen LogP) is 0.819. The topological polar surface area (TPSA) is 96.4 Å². The molecule has 1 heterocycles. The normalized spacial score (nSPS) is 11.2. The standard InChI is InChI=1S/C11H16N4O3/c1-4-18-10(17)6-8(3)14-15-11-12-7(2)5-9(16)13-11/h5H,4,6H2,1-3H3,(H2,12,13,15,16). The van der Waals surface area contributed by atoms with Gasteiger partial charge in [0.2, 0.25) is 5.95 Å². The van der Waals surface area contributed by atoms with Gasteiger partial charge in [-0.3, -0.25) is 14.6 Å². The zero-order chi connectivity index (χ0) is 13.5. The highest BCUT2D eigenvalue weighted by atomic mass is 16.5. The third kappa shape index (κ3) is 4.77. The van der Waals surface area contributed by atoms with Gasteiger partial charge in [0, 0.05) is 17.5 Å². The Morgan fingerprint density at radius 2 is 2.33 bits per heavy atom. The molecule has 7 heteroatoms. The molecular weight excluding hydrogens is 236 g/mol. The zero-order valence-corrected chi connectivity index (χ0v) is 10.6. The van der Waals surface area contributed by atoms with Crippen molar-refractivity contribution in [2.24, 2.45) is 5.10 Å².